The number of anilines is 1. The minimum absolute atomic E-state index is 0.296. The number of rotatable bonds is 7. The standard InChI is InChI=1S/C24H26F3N3O2/c25-24(26,27)19-5-7-20(8-6-19)30-13-11-29(12-14-30)10-2-1-3-18-16-28-22-9-4-17(23(31)32)15-21(18)22/h4-9,15-16,28H,1-3,10-14H2,(H,31,32). The summed E-state index contributed by atoms with van der Waals surface area (Å²) in [6.07, 6.45) is 0.575. The van der Waals surface area contributed by atoms with Gasteiger partial charge in [-0.05, 0) is 73.8 Å². The molecule has 32 heavy (non-hydrogen) atoms. The van der Waals surface area contributed by atoms with Gasteiger partial charge in [0.2, 0.25) is 0 Å². The van der Waals surface area contributed by atoms with Gasteiger partial charge in [-0.2, -0.15) is 13.2 Å². The molecule has 0 spiro atoms. The number of nitrogens with one attached hydrogen (secondary N) is 1. The molecule has 3 aromatic rings. The number of alkyl halides is 3. The molecule has 1 fully saturated rings. The van der Waals surface area contributed by atoms with Gasteiger partial charge >= 0.3 is 12.1 Å². The molecule has 2 aromatic carbocycles. The minimum atomic E-state index is -4.30. The lowest BCUT2D eigenvalue weighted by atomic mass is 10.0. The Labute approximate surface area is 184 Å². The average Bonchev–Trinajstić information content (AvgIpc) is 3.19. The predicted octanol–water partition coefficient (Wildman–Crippen LogP) is 5.03. The Morgan fingerprint density at radius 3 is 2.38 bits per heavy atom. The first-order valence-electron chi connectivity index (χ1n) is 10.8. The monoisotopic (exact) mass is 445 g/mol. The summed E-state index contributed by atoms with van der Waals surface area (Å²) in [5, 5.41) is 10.2. The molecule has 0 saturated carbocycles. The van der Waals surface area contributed by atoms with Gasteiger partial charge in [0, 0.05) is 49.0 Å². The van der Waals surface area contributed by atoms with Gasteiger partial charge in [0.1, 0.15) is 0 Å². The van der Waals surface area contributed by atoms with Crippen molar-refractivity contribution in [2.24, 2.45) is 0 Å². The van der Waals surface area contributed by atoms with E-state index < -0.39 is 17.7 Å². The topological polar surface area (TPSA) is 59.6 Å². The third kappa shape index (κ3) is 5.07. The third-order valence-electron chi connectivity index (χ3n) is 6.12. The van der Waals surface area contributed by atoms with Crippen molar-refractivity contribution in [3.05, 3.63) is 65.4 Å². The van der Waals surface area contributed by atoms with Crippen LogP contribution in [0.15, 0.2) is 48.7 Å². The minimum Gasteiger partial charge on any atom is -0.478 e. The van der Waals surface area contributed by atoms with Gasteiger partial charge < -0.3 is 15.0 Å². The fourth-order valence-corrected chi connectivity index (χ4v) is 4.26. The van der Waals surface area contributed by atoms with Crippen LogP contribution in [0.5, 0.6) is 0 Å². The van der Waals surface area contributed by atoms with Gasteiger partial charge in [0.25, 0.3) is 0 Å². The first kappa shape index (κ1) is 22.2. The van der Waals surface area contributed by atoms with Crippen LogP contribution in [0.3, 0.4) is 0 Å². The van der Waals surface area contributed by atoms with Gasteiger partial charge in [-0.3, -0.25) is 4.90 Å². The highest BCUT2D eigenvalue weighted by atomic mass is 19.4. The van der Waals surface area contributed by atoms with Crippen molar-refractivity contribution >= 4 is 22.6 Å². The van der Waals surface area contributed by atoms with Crippen LogP contribution in [-0.4, -0.2) is 53.7 Å². The predicted molar refractivity (Wildman–Crippen MR) is 118 cm³/mol. The summed E-state index contributed by atoms with van der Waals surface area (Å²) in [6, 6.07) is 10.5. The summed E-state index contributed by atoms with van der Waals surface area (Å²) in [6.45, 7) is 4.34. The number of hydrogen-bond acceptors (Lipinski definition) is 3. The highest BCUT2D eigenvalue weighted by molar-refractivity contribution is 5.94. The number of carbonyl (C=O) groups is 1. The van der Waals surface area contributed by atoms with Crippen LogP contribution in [0.4, 0.5) is 18.9 Å². The lowest BCUT2D eigenvalue weighted by Crippen LogP contribution is -2.46. The number of benzene rings is 2. The number of piperazine rings is 1. The average molecular weight is 445 g/mol. The summed E-state index contributed by atoms with van der Waals surface area (Å²) >= 11 is 0. The second-order valence-corrected chi connectivity index (χ2v) is 8.21. The van der Waals surface area contributed by atoms with Crippen LogP contribution >= 0.6 is 0 Å². The first-order valence-corrected chi connectivity index (χ1v) is 10.8. The molecule has 5 nitrogen and oxygen atoms in total. The van der Waals surface area contributed by atoms with Gasteiger partial charge in [-0.1, -0.05) is 0 Å². The molecule has 2 heterocycles. The van der Waals surface area contributed by atoms with E-state index in [1.807, 2.05) is 6.20 Å². The van der Waals surface area contributed by atoms with E-state index >= 15 is 0 Å². The number of hydrogen-bond donors (Lipinski definition) is 2. The zero-order valence-electron chi connectivity index (χ0n) is 17.7. The second-order valence-electron chi connectivity index (χ2n) is 8.21. The molecule has 0 radical (unpaired) electrons. The zero-order valence-corrected chi connectivity index (χ0v) is 17.7. The molecule has 1 aliphatic heterocycles. The zero-order chi connectivity index (χ0) is 22.7. The Balaban J connectivity index is 1.22. The van der Waals surface area contributed by atoms with Gasteiger partial charge in [0.15, 0.2) is 0 Å². The number of fused-ring (bicyclic) bond motifs is 1. The second kappa shape index (κ2) is 9.24. The van der Waals surface area contributed by atoms with Gasteiger partial charge in [-0.25, -0.2) is 4.79 Å². The number of unbranched alkanes of at least 4 members (excludes halogenated alkanes) is 1. The number of H-pyrrole nitrogens is 1. The van der Waals surface area contributed by atoms with E-state index in [0.29, 0.717) is 5.56 Å². The van der Waals surface area contributed by atoms with E-state index in [0.717, 1.165) is 86.3 Å². The largest absolute Gasteiger partial charge is 0.478 e. The van der Waals surface area contributed by atoms with Crippen molar-refractivity contribution in [1.82, 2.24) is 9.88 Å². The number of aryl methyl sites for hydroxylation is 1. The molecule has 1 saturated heterocycles. The Hall–Kier alpha value is -3.00. The van der Waals surface area contributed by atoms with Crippen LogP contribution in [0.1, 0.15) is 34.3 Å². The highest BCUT2D eigenvalue weighted by Gasteiger charge is 2.30. The molecule has 2 N–H and O–H groups in total. The number of carboxylic acid groups (broad SMARTS) is 1. The molecule has 0 amide bonds. The summed E-state index contributed by atoms with van der Waals surface area (Å²) < 4.78 is 38.2. The molecule has 1 aliphatic rings. The molecule has 170 valence electrons. The molecule has 0 bridgehead atoms. The maximum atomic E-state index is 12.7. The fourth-order valence-electron chi connectivity index (χ4n) is 4.26. The number of nitrogens with zero attached hydrogens (tertiary/aromatic N) is 2. The summed E-state index contributed by atoms with van der Waals surface area (Å²) in [5.74, 6) is -0.922. The van der Waals surface area contributed by atoms with Crippen LogP contribution in [-0.2, 0) is 12.6 Å². The van der Waals surface area contributed by atoms with E-state index in [9.17, 15) is 23.1 Å². The van der Waals surface area contributed by atoms with E-state index in [2.05, 4.69) is 14.8 Å². The Morgan fingerprint density at radius 2 is 1.72 bits per heavy atom. The van der Waals surface area contributed by atoms with Gasteiger partial charge in [-0.15, -0.1) is 0 Å². The maximum Gasteiger partial charge on any atom is 0.416 e. The smallest absolute Gasteiger partial charge is 0.416 e. The third-order valence-corrected chi connectivity index (χ3v) is 6.12. The van der Waals surface area contributed by atoms with Crippen LogP contribution in [0.2, 0.25) is 0 Å². The molecule has 0 unspecified atom stereocenters. The van der Waals surface area contributed by atoms with Crippen molar-refractivity contribution in [2.45, 2.75) is 25.4 Å². The first-order chi connectivity index (χ1) is 15.3. The molecule has 0 atom stereocenters. The Bertz CT molecular complexity index is 1070. The van der Waals surface area contributed by atoms with E-state index in [1.54, 1.807) is 30.3 Å². The van der Waals surface area contributed by atoms with Crippen molar-refractivity contribution in [1.29, 1.82) is 0 Å². The quantitative estimate of drug-likeness (QED) is 0.501. The van der Waals surface area contributed by atoms with Crippen molar-refractivity contribution in [3.8, 4) is 0 Å². The molecule has 8 heteroatoms. The lowest BCUT2D eigenvalue weighted by Gasteiger charge is -2.36. The van der Waals surface area contributed by atoms with Crippen molar-refractivity contribution in [3.63, 3.8) is 0 Å². The molecule has 4 rings (SSSR count). The Morgan fingerprint density at radius 1 is 1.00 bits per heavy atom. The number of carboxylic acids is 1. The maximum absolute atomic E-state index is 12.7. The van der Waals surface area contributed by atoms with Crippen molar-refractivity contribution < 1.29 is 23.1 Å². The van der Waals surface area contributed by atoms with Crippen molar-refractivity contribution in [2.75, 3.05) is 37.6 Å². The van der Waals surface area contributed by atoms with Crippen LogP contribution in [0, 0.1) is 0 Å². The van der Waals surface area contributed by atoms with Crippen LogP contribution in [0.25, 0.3) is 10.9 Å². The van der Waals surface area contributed by atoms with Gasteiger partial charge in [0.05, 0.1) is 11.1 Å². The summed E-state index contributed by atoms with van der Waals surface area (Å²) in [4.78, 5) is 18.9. The van der Waals surface area contributed by atoms with E-state index in [1.165, 1.54) is 0 Å². The summed E-state index contributed by atoms with van der Waals surface area (Å²) in [7, 11) is 0. The number of aromatic amines is 1. The van der Waals surface area contributed by atoms with E-state index in [4.69, 9.17) is 0 Å². The Kier molecular flexibility index (Phi) is 6.41. The number of aromatic carboxylic acids is 1. The number of halogens is 3. The fraction of sp³-hybridized carbons (Fsp3) is 0.375. The lowest BCUT2D eigenvalue weighted by molar-refractivity contribution is -0.137. The number of aromatic nitrogens is 1. The molecular formula is C24H26F3N3O2. The van der Waals surface area contributed by atoms with Crippen LogP contribution < -0.4 is 4.90 Å². The van der Waals surface area contributed by atoms with E-state index in [-0.39, 0.29) is 0 Å². The summed E-state index contributed by atoms with van der Waals surface area (Å²) in [5.41, 5.74) is 2.59. The SMILES string of the molecule is O=C(O)c1ccc2[nH]cc(CCCCN3CCN(c4ccc(C(F)(F)F)cc4)CC3)c2c1. The normalized spacial score (nSPS) is 15.4. The molecular weight excluding hydrogens is 419 g/mol. The molecule has 1 aromatic heterocycles. The highest BCUT2D eigenvalue weighted by Crippen LogP contribution is 2.30. The molecule has 0 aliphatic carbocycles.